The lowest BCUT2D eigenvalue weighted by atomic mass is 10.2. The molecular weight excluding hydrogens is 535 g/mol. The number of nitrogens with zero attached hydrogens (tertiary/aromatic N) is 6. The summed E-state index contributed by atoms with van der Waals surface area (Å²) >= 11 is 12.6. The molecule has 0 aliphatic rings. The molecule has 4 rings (SSSR count). The first-order chi connectivity index (χ1) is 16.1. The summed E-state index contributed by atoms with van der Waals surface area (Å²) < 4.78 is 53.9. The van der Waals surface area contributed by atoms with Crippen molar-refractivity contribution in [3.63, 3.8) is 0 Å². The molecule has 0 atom stereocenters. The Labute approximate surface area is 209 Å². The van der Waals surface area contributed by atoms with E-state index < -0.39 is 24.5 Å². The molecule has 4 aromatic rings. The molecule has 2 aromatic carbocycles. The summed E-state index contributed by atoms with van der Waals surface area (Å²) in [6.07, 6.45) is -3.22. The van der Waals surface area contributed by atoms with Crippen molar-refractivity contribution < 1.29 is 17.6 Å². The van der Waals surface area contributed by atoms with E-state index in [1.807, 2.05) is 13.8 Å². The van der Waals surface area contributed by atoms with Gasteiger partial charge in [-0.05, 0) is 49.2 Å². The zero-order valence-electron chi connectivity index (χ0n) is 17.4. The van der Waals surface area contributed by atoms with Crippen molar-refractivity contribution in [2.24, 2.45) is 0 Å². The van der Waals surface area contributed by atoms with Crippen molar-refractivity contribution in [3.05, 3.63) is 69.7 Å². The van der Waals surface area contributed by atoms with E-state index in [1.165, 1.54) is 43.6 Å². The van der Waals surface area contributed by atoms with Gasteiger partial charge in [-0.15, -0.1) is 10.2 Å². The van der Waals surface area contributed by atoms with E-state index in [1.54, 1.807) is 24.3 Å². The molecule has 0 saturated carbocycles. The van der Waals surface area contributed by atoms with E-state index in [0.717, 1.165) is 20.9 Å². The lowest BCUT2D eigenvalue weighted by Gasteiger charge is -2.13. The molecule has 2 heterocycles. The van der Waals surface area contributed by atoms with Crippen molar-refractivity contribution in [2.45, 2.75) is 36.5 Å². The minimum absolute atomic E-state index is 0.337. The first-order valence-corrected chi connectivity index (χ1v) is 12.4. The Hall–Kier alpha value is -2.28. The maximum atomic E-state index is 12.9. The van der Waals surface area contributed by atoms with Crippen molar-refractivity contribution in [3.8, 4) is 11.4 Å². The van der Waals surface area contributed by atoms with Crippen LogP contribution >= 0.6 is 44.8 Å². The van der Waals surface area contributed by atoms with E-state index in [2.05, 4.69) is 20.2 Å². The normalized spacial score (nSPS) is 11.7. The standard InChI is InChI=1S/C20H14Cl2F4N6S2/c1-9-3-11(21)13(31-7-27-19(29-31)17(23)24)5-15(9)33-34-16-6-14(12(22)4-10(16)2)32-8-28-20(30-32)18(25)26/h3-8,17-18H,1-2H3. The van der Waals surface area contributed by atoms with Crippen LogP contribution in [-0.2, 0) is 0 Å². The van der Waals surface area contributed by atoms with Crippen LogP contribution in [0.25, 0.3) is 11.4 Å². The van der Waals surface area contributed by atoms with Crippen LogP contribution in [0.5, 0.6) is 0 Å². The molecule has 0 fully saturated rings. The van der Waals surface area contributed by atoms with Crippen LogP contribution in [0.15, 0.2) is 46.7 Å². The van der Waals surface area contributed by atoms with E-state index in [4.69, 9.17) is 23.2 Å². The van der Waals surface area contributed by atoms with Gasteiger partial charge < -0.3 is 0 Å². The van der Waals surface area contributed by atoms with Gasteiger partial charge in [-0.2, -0.15) is 0 Å². The molecule has 0 aliphatic heterocycles. The lowest BCUT2D eigenvalue weighted by Crippen LogP contribution is -1.99. The SMILES string of the molecule is Cc1cc(Cl)c(-n2cnc(C(F)F)n2)cc1SSc1cc(-n2cnc(C(F)F)n2)c(Cl)cc1C. The zero-order valence-corrected chi connectivity index (χ0v) is 20.5. The molecule has 0 saturated heterocycles. The molecule has 0 spiro atoms. The summed E-state index contributed by atoms with van der Waals surface area (Å²) in [5.41, 5.74) is 2.55. The third-order valence-electron chi connectivity index (χ3n) is 4.61. The first-order valence-electron chi connectivity index (χ1n) is 9.49. The van der Waals surface area contributed by atoms with Crippen molar-refractivity contribution in [1.29, 1.82) is 0 Å². The number of halogens is 6. The molecule has 0 aliphatic carbocycles. The lowest BCUT2D eigenvalue weighted by molar-refractivity contribution is 0.140. The van der Waals surface area contributed by atoms with E-state index in [9.17, 15) is 17.6 Å². The zero-order chi connectivity index (χ0) is 24.6. The van der Waals surface area contributed by atoms with Gasteiger partial charge in [0.15, 0.2) is 0 Å². The van der Waals surface area contributed by atoms with Crippen LogP contribution in [0.2, 0.25) is 10.0 Å². The van der Waals surface area contributed by atoms with Crippen LogP contribution < -0.4 is 0 Å². The predicted molar refractivity (Wildman–Crippen MR) is 124 cm³/mol. The molecule has 2 aromatic heterocycles. The fraction of sp³-hybridized carbons (Fsp3) is 0.200. The molecule has 0 unspecified atom stereocenters. The Morgan fingerprint density at radius 1 is 0.706 bits per heavy atom. The molecule has 178 valence electrons. The monoisotopic (exact) mass is 548 g/mol. The maximum absolute atomic E-state index is 12.9. The van der Waals surface area contributed by atoms with Gasteiger partial charge in [0.25, 0.3) is 12.9 Å². The van der Waals surface area contributed by atoms with Gasteiger partial charge >= 0.3 is 0 Å². The Morgan fingerprint density at radius 3 is 1.41 bits per heavy atom. The third kappa shape index (κ3) is 5.19. The Bertz CT molecular complexity index is 1240. The maximum Gasteiger partial charge on any atom is 0.299 e. The second-order valence-corrected chi connectivity index (χ2v) is 10.0. The van der Waals surface area contributed by atoms with Crippen molar-refractivity contribution in [2.75, 3.05) is 0 Å². The molecule has 0 bridgehead atoms. The largest absolute Gasteiger partial charge is 0.299 e. The number of alkyl halides is 4. The molecular formula is C20H14Cl2F4N6S2. The third-order valence-corrected chi connectivity index (χ3v) is 7.87. The predicted octanol–water partition coefficient (Wildman–Crippen LogP) is 7.45. The highest BCUT2D eigenvalue weighted by molar-refractivity contribution is 8.76. The minimum atomic E-state index is -2.79. The molecule has 6 nitrogen and oxygen atoms in total. The number of hydrogen-bond donors (Lipinski definition) is 0. The van der Waals surface area contributed by atoms with Gasteiger partial charge in [0, 0.05) is 9.79 Å². The van der Waals surface area contributed by atoms with Gasteiger partial charge in [-0.1, -0.05) is 44.8 Å². The summed E-state index contributed by atoms with van der Waals surface area (Å²) in [4.78, 5) is 8.85. The van der Waals surface area contributed by atoms with Crippen LogP contribution in [0.3, 0.4) is 0 Å². The first kappa shape index (κ1) is 24.8. The highest BCUT2D eigenvalue weighted by Gasteiger charge is 2.18. The van der Waals surface area contributed by atoms with Gasteiger partial charge in [0.05, 0.1) is 21.4 Å². The highest BCUT2D eigenvalue weighted by atomic mass is 35.5. The molecule has 14 heteroatoms. The second kappa shape index (κ2) is 10.1. The highest BCUT2D eigenvalue weighted by Crippen LogP contribution is 2.43. The molecule has 34 heavy (non-hydrogen) atoms. The second-order valence-electron chi connectivity index (χ2n) is 7.00. The van der Waals surface area contributed by atoms with Crippen molar-refractivity contribution in [1.82, 2.24) is 29.5 Å². The van der Waals surface area contributed by atoms with Gasteiger partial charge in [-0.25, -0.2) is 36.9 Å². The van der Waals surface area contributed by atoms with Crippen LogP contribution in [0, 0.1) is 13.8 Å². The summed E-state index contributed by atoms with van der Waals surface area (Å²) in [5, 5.41) is 8.24. The van der Waals surface area contributed by atoms with Crippen LogP contribution in [-0.4, -0.2) is 29.5 Å². The van der Waals surface area contributed by atoms with Gasteiger partial charge in [-0.3, -0.25) is 0 Å². The number of aryl methyl sites for hydroxylation is 2. The van der Waals surface area contributed by atoms with Gasteiger partial charge in [0.1, 0.15) is 12.7 Å². The average molecular weight is 549 g/mol. The summed E-state index contributed by atoms with van der Waals surface area (Å²) in [5.74, 6) is -1.18. The number of aromatic nitrogens is 6. The van der Waals surface area contributed by atoms with E-state index in [0.29, 0.717) is 21.4 Å². The molecule has 0 radical (unpaired) electrons. The molecule has 0 amide bonds. The summed E-state index contributed by atoms with van der Waals surface area (Å²) in [6, 6.07) is 6.89. The topological polar surface area (TPSA) is 61.4 Å². The van der Waals surface area contributed by atoms with Crippen LogP contribution in [0.1, 0.15) is 35.6 Å². The quantitative estimate of drug-likeness (QED) is 0.176. The fourth-order valence-corrected chi connectivity index (χ4v) is 5.99. The molecule has 0 N–H and O–H groups in total. The number of benzene rings is 2. The van der Waals surface area contributed by atoms with E-state index >= 15 is 0 Å². The number of rotatable bonds is 7. The van der Waals surface area contributed by atoms with Crippen LogP contribution in [0.4, 0.5) is 17.6 Å². The fourth-order valence-electron chi connectivity index (χ4n) is 2.89. The Balaban J connectivity index is 1.61. The summed E-state index contributed by atoms with van der Waals surface area (Å²) in [6.45, 7) is 3.73. The average Bonchev–Trinajstić information content (AvgIpc) is 3.44. The Kier molecular flexibility index (Phi) is 7.41. The smallest absolute Gasteiger partial charge is 0.219 e. The van der Waals surface area contributed by atoms with Crippen molar-refractivity contribution >= 4 is 44.8 Å². The minimum Gasteiger partial charge on any atom is -0.219 e. The van der Waals surface area contributed by atoms with Gasteiger partial charge in [0.2, 0.25) is 11.6 Å². The number of hydrogen-bond acceptors (Lipinski definition) is 6. The summed E-state index contributed by atoms with van der Waals surface area (Å²) in [7, 11) is 2.81. The Morgan fingerprint density at radius 2 is 1.09 bits per heavy atom. The van der Waals surface area contributed by atoms with E-state index in [-0.39, 0.29) is 0 Å².